The molecule has 0 unspecified atom stereocenters. The molecule has 28 heavy (non-hydrogen) atoms. The van der Waals surface area contributed by atoms with Crippen LogP contribution in [0.4, 0.5) is 10.1 Å². The number of para-hydroxylation sites is 1. The van der Waals surface area contributed by atoms with Gasteiger partial charge in [0, 0.05) is 10.5 Å². The Morgan fingerprint density at radius 3 is 2.68 bits per heavy atom. The van der Waals surface area contributed by atoms with Crippen LogP contribution in [-0.2, 0) is 11.4 Å². The Balaban J connectivity index is 1.51. The van der Waals surface area contributed by atoms with Gasteiger partial charge in [-0.15, -0.1) is 0 Å². The lowest BCUT2D eigenvalue weighted by Crippen LogP contribution is -2.17. The molecule has 0 spiro atoms. The summed E-state index contributed by atoms with van der Waals surface area (Å²) in [5.41, 5.74) is 2.18. The van der Waals surface area contributed by atoms with E-state index in [1.165, 1.54) is 17.8 Å². The fraction of sp³-hybridized carbons (Fsp3) is 0.0455. The van der Waals surface area contributed by atoms with Crippen molar-refractivity contribution < 1.29 is 13.9 Å². The van der Waals surface area contributed by atoms with Gasteiger partial charge in [0.1, 0.15) is 18.2 Å². The van der Waals surface area contributed by atoms with Gasteiger partial charge in [-0.2, -0.15) is 0 Å². The number of anilines is 1. The van der Waals surface area contributed by atoms with Crippen LogP contribution in [-0.4, -0.2) is 5.91 Å². The number of nitrogens with one attached hydrogen (secondary N) is 1. The minimum atomic E-state index is -0.291. The molecule has 1 heterocycles. The molecular formula is C22H15BrFNO2S. The molecule has 140 valence electrons. The van der Waals surface area contributed by atoms with Crippen LogP contribution in [0.1, 0.15) is 11.1 Å². The standard InChI is InChI=1S/C22H15BrFNO2S/c23-16-11-14(9-10-19(16)27-13-15-5-1-2-6-17(15)24)12-21-22(26)25-18-7-3-4-8-20(18)28-21/h1-12H,13H2,(H,25,26)/b21-12-. The zero-order chi connectivity index (χ0) is 19.5. The summed E-state index contributed by atoms with van der Waals surface area (Å²) in [7, 11) is 0. The molecule has 6 heteroatoms. The van der Waals surface area contributed by atoms with Crippen molar-refractivity contribution in [2.75, 3.05) is 5.32 Å². The van der Waals surface area contributed by atoms with Crippen molar-refractivity contribution in [3.63, 3.8) is 0 Å². The summed E-state index contributed by atoms with van der Waals surface area (Å²) in [6.45, 7) is 0.140. The van der Waals surface area contributed by atoms with E-state index in [1.54, 1.807) is 24.3 Å². The van der Waals surface area contributed by atoms with Crippen molar-refractivity contribution in [3.05, 3.63) is 93.1 Å². The van der Waals surface area contributed by atoms with Crippen LogP contribution in [0.15, 0.2) is 81.0 Å². The van der Waals surface area contributed by atoms with Gasteiger partial charge in [0.2, 0.25) is 0 Å². The Morgan fingerprint density at radius 1 is 1.07 bits per heavy atom. The number of fused-ring (bicyclic) bond motifs is 1. The van der Waals surface area contributed by atoms with E-state index in [0.29, 0.717) is 16.2 Å². The SMILES string of the molecule is O=C1Nc2ccccc2S/C1=C\c1ccc(OCc2ccccc2F)c(Br)c1. The molecule has 1 N–H and O–H groups in total. The second-order valence-corrected chi connectivity index (χ2v) is 8.07. The average molecular weight is 456 g/mol. The molecule has 0 bridgehead atoms. The highest BCUT2D eigenvalue weighted by atomic mass is 79.9. The highest BCUT2D eigenvalue weighted by molar-refractivity contribution is 9.10. The van der Waals surface area contributed by atoms with Gasteiger partial charge < -0.3 is 10.1 Å². The molecule has 4 rings (SSSR count). The van der Waals surface area contributed by atoms with Gasteiger partial charge >= 0.3 is 0 Å². The molecule has 0 radical (unpaired) electrons. The van der Waals surface area contributed by atoms with E-state index in [-0.39, 0.29) is 18.3 Å². The van der Waals surface area contributed by atoms with Gasteiger partial charge in [0.15, 0.2) is 0 Å². The first-order valence-corrected chi connectivity index (χ1v) is 10.2. The highest BCUT2D eigenvalue weighted by Crippen LogP contribution is 2.39. The Morgan fingerprint density at radius 2 is 1.86 bits per heavy atom. The van der Waals surface area contributed by atoms with Crippen LogP contribution in [0.5, 0.6) is 5.75 Å². The summed E-state index contributed by atoms with van der Waals surface area (Å²) in [6.07, 6.45) is 1.83. The Labute approximate surface area is 174 Å². The van der Waals surface area contributed by atoms with Crippen molar-refractivity contribution in [1.82, 2.24) is 0 Å². The summed E-state index contributed by atoms with van der Waals surface area (Å²) < 4.78 is 20.2. The second-order valence-electron chi connectivity index (χ2n) is 6.13. The number of hydrogen-bond donors (Lipinski definition) is 1. The lowest BCUT2D eigenvalue weighted by molar-refractivity contribution is -0.112. The third-order valence-electron chi connectivity index (χ3n) is 4.17. The van der Waals surface area contributed by atoms with Crippen molar-refractivity contribution in [2.45, 2.75) is 11.5 Å². The molecular weight excluding hydrogens is 441 g/mol. The molecule has 0 aliphatic carbocycles. The molecule has 1 aliphatic heterocycles. The number of rotatable bonds is 4. The number of hydrogen-bond acceptors (Lipinski definition) is 3. The van der Waals surface area contributed by atoms with Crippen molar-refractivity contribution in [2.24, 2.45) is 0 Å². The van der Waals surface area contributed by atoms with Crippen LogP contribution in [0.3, 0.4) is 0 Å². The van der Waals surface area contributed by atoms with Crippen LogP contribution < -0.4 is 10.1 Å². The average Bonchev–Trinajstić information content (AvgIpc) is 2.69. The largest absolute Gasteiger partial charge is 0.488 e. The van der Waals surface area contributed by atoms with Gasteiger partial charge in [-0.1, -0.05) is 48.2 Å². The fourth-order valence-electron chi connectivity index (χ4n) is 2.75. The molecule has 3 nitrogen and oxygen atoms in total. The predicted molar refractivity (Wildman–Crippen MR) is 114 cm³/mol. The maximum absolute atomic E-state index is 13.7. The van der Waals surface area contributed by atoms with E-state index in [1.807, 2.05) is 42.5 Å². The molecule has 3 aromatic rings. The van der Waals surface area contributed by atoms with E-state index in [2.05, 4.69) is 21.2 Å². The van der Waals surface area contributed by atoms with Crippen LogP contribution in [0.2, 0.25) is 0 Å². The molecule has 0 aromatic heterocycles. The zero-order valence-electron chi connectivity index (χ0n) is 14.6. The Bertz CT molecular complexity index is 1080. The quantitative estimate of drug-likeness (QED) is 0.472. The number of ether oxygens (including phenoxy) is 1. The van der Waals surface area contributed by atoms with E-state index >= 15 is 0 Å². The Kier molecular flexibility index (Phi) is 5.50. The maximum atomic E-state index is 13.7. The molecule has 0 saturated heterocycles. The molecule has 0 saturated carbocycles. The number of halogens is 2. The second kappa shape index (κ2) is 8.20. The normalized spacial score (nSPS) is 14.5. The van der Waals surface area contributed by atoms with E-state index in [0.717, 1.165) is 20.6 Å². The summed E-state index contributed by atoms with van der Waals surface area (Å²) in [4.78, 5) is 14.0. The molecule has 3 aromatic carbocycles. The summed E-state index contributed by atoms with van der Waals surface area (Å²) >= 11 is 4.93. The molecule has 1 aliphatic rings. The first-order chi connectivity index (χ1) is 13.6. The number of benzene rings is 3. The smallest absolute Gasteiger partial charge is 0.262 e. The lowest BCUT2D eigenvalue weighted by Gasteiger charge is -2.18. The highest BCUT2D eigenvalue weighted by Gasteiger charge is 2.20. The summed E-state index contributed by atoms with van der Waals surface area (Å²) in [5.74, 6) is 0.191. The molecule has 0 atom stereocenters. The Hall–Kier alpha value is -2.57. The lowest BCUT2D eigenvalue weighted by atomic mass is 10.2. The zero-order valence-corrected chi connectivity index (χ0v) is 17.0. The number of amides is 1. The third-order valence-corrected chi connectivity index (χ3v) is 5.89. The minimum Gasteiger partial charge on any atom is -0.488 e. The maximum Gasteiger partial charge on any atom is 0.262 e. The van der Waals surface area contributed by atoms with Gasteiger partial charge in [0.25, 0.3) is 5.91 Å². The van der Waals surface area contributed by atoms with Crippen LogP contribution in [0.25, 0.3) is 6.08 Å². The number of carbonyl (C=O) groups is 1. The summed E-state index contributed by atoms with van der Waals surface area (Å²) in [5, 5.41) is 2.90. The molecule has 0 fully saturated rings. The van der Waals surface area contributed by atoms with Gasteiger partial charge in [-0.05, 0) is 57.9 Å². The topological polar surface area (TPSA) is 38.3 Å². The van der Waals surface area contributed by atoms with E-state index < -0.39 is 0 Å². The third kappa shape index (κ3) is 4.13. The van der Waals surface area contributed by atoms with Gasteiger partial charge in [0.05, 0.1) is 15.1 Å². The monoisotopic (exact) mass is 455 g/mol. The fourth-order valence-corrected chi connectivity index (χ4v) is 4.21. The van der Waals surface area contributed by atoms with Crippen LogP contribution in [0, 0.1) is 5.82 Å². The number of carbonyl (C=O) groups excluding carboxylic acids is 1. The predicted octanol–water partition coefficient (Wildman–Crippen LogP) is 6.25. The first-order valence-electron chi connectivity index (χ1n) is 8.56. The molecule has 1 amide bonds. The number of thioether (sulfide) groups is 1. The van der Waals surface area contributed by atoms with E-state index in [9.17, 15) is 9.18 Å². The summed E-state index contributed by atoms with van der Waals surface area (Å²) in [6, 6.07) is 19.8. The van der Waals surface area contributed by atoms with Crippen LogP contribution >= 0.6 is 27.7 Å². The van der Waals surface area contributed by atoms with Gasteiger partial charge in [-0.25, -0.2) is 4.39 Å². The first kappa shape index (κ1) is 18.8. The minimum absolute atomic E-state index is 0.125. The van der Waals surface area contributed by atoms with E-state index in [4.69, 9.17) is 4.74 Å². The van der Waals surface area contributed by atoms with Crippen molar-refractivity contribution in [1.29, 1.82) is 0 Å². The van der Waals surface area contributed by atoms with Gasteiger partial charge in [-0.3, -0.25) is 4.79 Å². The van der Waals surface area contributed by atoms with Crippen molar-refractivity contribution in [3.8, 4) is 5.75 Å². The van der Waals surface area contributed by atoms with Crippen molar-refractivity contribution >= 4 is 45.4 Å².